The van der Waals surface area contributed by atoms with Crippen LogP contribution in [0.3, 0.4) is 0 Å². The molecule has 10 heteroatoms. The Labute approximate surface area is 144 Å². The van der Waals surface area contributed by atoms with E-state index in [0.717, 1.165) is 0 Å². The molecule has 0 saturated carbocycles. The summed E-state index contributed by atoms with van der Waals surface area (Å²) >= 11 is 0.650. The van der Waals surface area contributed by atoms with Crippen molar-refractivity contribution in [3.8, 4) is 11.5 Å². The third-order valence-corrected chi connectivity index (χ3v) is 4.63. The Balaban J connectivity index is 1.79. The fourth-order valence-corrected chi connectivity index (χ4v) is 3.17. The number of thiazole rings is 1. The SMILES string of the molecule is Cc1csc([C@](O)(CC(=O)Nc2ccc3c(c2)OCO3)C(F)(F)F)n1. The lowest BCUT2D eigenvalue weighted by Gasteiger charge is -2.27. The molecule has 0 spiro atoms. The van der Waals surface area contributed by atoms with Crippen molar-refractivity contribution in [3.05, 3.63) is 34.3 Å². The van der Waals surface area contributed by atoms with Gasteiger partial charge in [-0.2, -0.15) is 13.2 Å². The Morgan fingerprint density at radius 3 is 2.72 bits per heavy atom. The number of halogens is 3. The predicted octanol–water partition coefficient (Wildman–Crippen LogP) is 2.96. The van der Waals surface area contributed by atoms with Crippen molar-refractivity contribution >= 4 is 22.9 Å². The molecule has 0 fully saturated rings. The van der Waals surface area contributed by atoms with E-state index >= 15 is 0 Å². The van der Waals surface area contributed by atoms with Gasteiger partial charge in [0.1, 0.15) is 5.01 Å². The van der Waals surface area contributed by atoms with E-state index in [0.29, 0.717) is 28.5 Å². The van der Waals surface area contributed by atoms with E-state index in [4.69, 9.17) is 9.47 Å². The summed E-state index contributed by atoms with van der Waals surface area (Å²) in [7, 11) is 0. The van der Waals surface area contributed by atoms with Gasteiger partial charge in [-0.15, -0.1) is 11.3 Å². The van der Waals surface area contributed by atoms with Gasteiger partial charge in [0.05, 0.1) is 6.42 Å². The van der Waals surface area contributed by atoms with Gasteiger partial charge in [-0.25, -0.2) is 4.98 Å². The molecule has 1 aliphatic rings. The molecule has 2 aromatic rings. The topological polar surface area (TPSA) is 80.7 Å². The van der Waals surface area contributed by atoms with Gasteiger partial charge in [0, 0.05) is 22.8 Å². The molecule has 2 heterocycles. The zero-order valence-electron chi connectivity index (χ0n) is 12.9. The van der Waals surface area contributed by atoms with Crippen molar-refractivity contribution in [1.82, 2.24) is 4.98 Å². The molecular formula is C15H13F3N2O4S. The average molecular weight is 374 g/mol. The summed E-state index contributed by atoms with van der Waals surface area (Å²) < 4.78 is 50.4. The van der Waals surface area contributed by atoms with Crippen LogP contribution in [0.1, 0.15) is 17.1 Å². The third kappa shape index (κ3) is 3.40. The number of rotatable bonds is 4. The van der Waals surface area contributed by atoms with Crippen molar-refractivity contribution in [1.29, 1.82) is 0 Å². The molecule has 0 unspecified atom stereocenters. The summed E-state index contributed by atoms with van der Waals surface area (Å²) in [5, 5.41) is 13.3. The monoisotopic (exact) mass is 374 g/mol. The molecule has 0 saturated heterocycles. The quantitative estimate of drug-likeness (QED) is 0.860. The number of hydrogen-bond donors (Lipinski definition) is 2. The van der Waals surface area contributed by atoms with Crippen molar-refractivity contribution in [2.45, 2.75) is 25.1 Å². The maximum absolute atomic E-state index is 13.4. The maximum atomic E-state index is 13.4. The molecule has 1 aromatic carbocycles. The predicted molar refractivity (Wildman–Crippen MR) is 82.6 cm³/mol. The lowest BCUT2D eigenvalue weighted by atomic mass is 9.99. The molecular weight excluding hydrogens is 361 g/mol. The first-order valence-corrected chi connectivity index (χ1v) is 7.98. The number of aryl methyl sites for hydroxylation is 1. The maximum Gasteiger partial charge on any atom is 0.424 e. The first-order valence-electron chi connectivity index (χ1n) is 7.10. The van der Waals surface area contributed by atoms with Crippen molar-refractivity contribution in [2.24, 2.45) is 0 Å². The highest BCUT2D eigenvalue weighted by Crippen LogP contribution is 2.43. The van der Waals surface area contributed by atoms with E-state index in [1.54, 1.807) is 0 Å². The second-order valence-electron chi connectivity index (χ2n) is 5.45. The van der Waals surface area contributed by atoms with Gasteiger partial charge in [0.2, 0.25) is 18.3 Å². The molecule has 1 amide bonds. The number of ether oxygens (including phenoxy) is 2. The summed E-state index contributed by atoms with van der Waals surface area (Å²) in [5.74, 6) is -0.158. The van der Waals surface area contributed by atoms with Gasteiger partial charge in [-0.3, -0.25) is 4.79 Å². The molecule has 134 valence electrons. The summed E-state index contributed by atoms with van der Waals surface area (Å²) in [4.78, 5) is 15.8. The minimum Gasteiger partial charge on any atom is -0.454 e. The summed E-state index contributed by atoms with van der Waals surface area (Å²) in [6.07, 6.45) is -6.26. The number of alkyl halides is 3. The van der Waals surface area contributed by atoms with Gasteiger partial charge in [-0.05, 0) is 19.1 Å². The number of nitrogens with zero attached hydrogens (tertiary/aromatic N) is 1. The first-order chi connectivity index (χ1) is 11.7. The van der Waals surface area contributed by atoms with Crippen LogP contribution in [0.25, 0.3) is 0 Å². The van der Waals surface area contributed by atoms with Crippen LogP contribution >= 0.6 is 11.3 Å². The number of aromatic nitrogens is 1. The number of anilines is 1. The van der Waals surface area contributed by atoms with Crippen LogP contribution in [0, 0.1) is 6.92 Å². The number of fused-ring (bicyclic) bond motifs is 1. The standard InChI is InChI=1S/C15H13F3N2O4S/c1-8-6-25-13(19-8)14(22,15(16,17)18)5-12(21)20-9-2-3-10-11(4-9)24-7-23-10/h2-4,6,22H,5,7H2,1H3,(H,20,21)/t14-/m1/s1. The van der Waals surface area contributed by atoms with Crippen LogP contribution in [-0.4, -0.2) is 29.0 Å². The van der Waals surface area contributed by atoms with E-state index in [2.05, 4.69) is 10.3 Å². The summed E-state index contributed by atoms with van der Waals surface area (Å²) in [5.41, 5.74) is -2.79. The van der Waals surface area contributed by atoms with Gasteiger partial charge in [0.25, 0.3) is 0 Å². The number of amides is 1. The Bertz CT molecular complexity index is 808. The van der Waals surface area contributed by atoms with Gasteiger partial charge in [-0.1, -0.05) is 0 Å². The molecule has 0 aliphatic carbocycles. The van der Waals surface area contributed by atoms with E-state index in [1.807, 2.05) is 0 Å². The second kappa shape index (κ2) is 6.19. The van der Waals surface area contributed by atoms with Crippen molar-refractivity contribution in [2.75, 3.05) is 12.1 Å². The van der Waals surface area contributed by atoms with Gasteiger partial charge < -0.3 is 19.9 Å². The number of hydrogen-bond acceptors (Lipinski definition) is 6. The fourth-order valence-electron chi connectivity index (χ4n) is 2.25. The van der Waals surface area contributed by atoms with Crippen LogP contribution in [0.2, 0.25) is 0 Å². The number of aliphatic hydroxyl groups is 1. The largest absolute Gasteiger partial charge is 0.454 e. The van der Waals surface area contributed by atoms with E-state index in [9.17, 15) is 23.1 Å². The minimum atomic E-state index is -5.05. The number of carbonyl (C=O) groups is 1. The van der Waals surface area contributed by atoms with Crippen LogP contribution in [-0.2, 0) is 10.4 Å². The van der Waals surface area contributed by atoms with Crippen LogP contribution in [0.4, 0.5) is 18.9 Å². The normalized spacial score (nSPS) is 15.7. The van der Waals surface area contributed by atoms with Crippen LogP contribution in [0.5, 0.6) is 11.5 Å². The second-order valence-corrected chi connectivity index (χ2v) is 6.30. The highest BCUT2D eigenvalue weighted by atomic mass is 32.1. The highest BCUT2D eigenvalue weighted by Gasteiger charge is 2.58. The smallest absolute Gasteiger partial charge is 0.424 e. The molecule has 0 radical (unpaired) electrons. The molecule has 1 aliphatic heterocycles. The molecule has 25 heavy (non-hydrogen) atoms. The van der Waals surface area contributed by atoms with E-state index < -0.39 is 29.1 Å². The lowest BCUT2D eigenvalue weighted by Crippen LogP contribution is -2.45. The Morgan fingerprint density at radius 2 is 2.08 bits per heavy atom. The number of nitrogens with one attached hydrogen (secondary N) is 1. The van der Waals surface area contributed by atoms with Crippen molar-refractivity contribution < 1.29 is 32.5 Å². The number of benzene rings is 1. The zero-order chi connectivity index (χ0) is 18.2. The summed E-state index contributed by atoms with van der Waals surface area (Å²) in [6, 6.07) is 4.42. The van der Waals surface area contributed by atoms with Gasteiger partial charge in [0.15, 0.2) is 11.5 Å². The first kappa shape index (κ1) is 17.5. The molecule has 1 aromatic heterocycles. The molecule has 0 bridgehead atoms. The average Bonchev–Trinajstić information content (AvgIpc) is 3.14. The van der Waals surface area contributed by atoms with Gasteiger partial charge >= 0.3 is 6.18 Å². The van der Waals surface area contributed by atoms with E-state index in [1.165, 1.54) is 30.5 Å². The zero-order valence-corrected chi connectivity index (χ0v) is 13.7. The van der Waals surface area contributed by atoms with Crippen LogP contribution in [0.15, 0.2) is 23.6 Å². The van der Waals surface area contributed by atoms with Crippen LogP contribution < -0.4 is 14.8 Å². The third-order valence-electron chi connectivity index (χ3n) is 3.51. The minimum absolute atomic E-state index is 0.0317. The Hall–Kier alpha value is -2.33. The molecule has 2 N–H and O–H groups in total. The molecule has 1 atom stereocenters. The van der Waals surface area contributed by atoms with E-state index in [-0.39, 0.29) is 12.5 Å². The highest BCUT2D eigenvalue weighted by molar-refractivity contribution is 7.09. The lowest BCUT2D eigenvalue weighted by molar-refractivity contribution is -0.266. The fraction of sp³-hybridized carbons (Fsp3) is 0.333. The summed E-state index contributed by atoms with van der Waals surface area (Å²) in [6.45, 7) is 1.54. The number of carbonyl (C=O) groups excluding carboxylic acids is 1. The Kier molecular flexibility index (Phi) is 4.33. The molecule has 3 rings (SSSR count). The Morgan fingerprint density at radius 1 is 1.36 bits per heavy atom. The molecule has 6 nitrogen and oxygen atoms in total. The van der Waals surface area contributed by atoms with Crippen molar-refractivity contribution in [3.63, 3.8) is 0 Å².